The predicted octanol–water partition coefficient (Wildman–Crippen LogP) is 4.31. The Hall–Kier alpha value is -3.67. The van der Waals surface area contributed by atoms with Crippen molar-refractivity contribution < 1.29 is 19.4 Å². The molecule has 142 valence electrons. The fourth-order valence-electron chi connectivity index (χ4n) is 3.48. The Balaban J connectivity index is 1.79. The molecule has 0 aliphatic rings. The molecule has 6 nitrogen and oxygen atoms in total. The molecule has 0 radical (unpaired) electrons. The van der Waals surface area contributed by atoms with Crippen LogP contribution in [0.5, 0.6) is 17.2 Å². The van der Waals surface area contributed by atoms with Crippen molar-refractivity contribution in [2.45, 2.75) is 0 Å². The summed E-state index contributed by atoms with van der Waals surface area (Å²) in [6.07, 6.45) is 0. The Morgan fingerprint density at radius 1 is 0.964 bits per heavy atom. The van der Waals surface area contributed by atoms with Crippen molar-refractivity contribution in [1.82, 2.24) is 4.57 Å². The lowest BCUT2D eigenvalue weighted by atomic mass is 10.1. The Morgan fingerprint density at radius 2 is 1.75 bits per heavy atom. The van der Waals surface area contributed by atoms with E-state index in [0.717, 1.165) is 21.8 Å². The number of nitrogens with zero attached hydrogens (tertiary/aromatic N) is 1. The number of hydrogen-bond donors (Lipinski definition) is 2. The van der Waals surface area contributed by atoms with Gasteiger partial charge < -0.3 is 24.5 Å². The minimum absolute atomic E-state index is 0.0804. The van der Waals surface area contributed by atoms with Gasteiger partial charge in [-0.3, -0.25) is 4.79 Å². The van der Waals surface area contributed by atoms with Crippen LogP contribution in [0, 0.1) is 0 Å². The molecule has 0 spiro atoms. The second-order valence-corrected chi connectivity index (χ2v) is 6.48. The van der Waals surface area contributed by atoms with Gasteiger partial charge in [0.25, 0.3) is 5.91 Å². The van der Waals surface area contributed by atoms with Gasteiger partial charge in [-0.1, -0.05) is 18.2 Å². The average molecular weight is 376 g/mol. The number of hydrogen-bond acceptors (Lipinski definition) is 4. The number of anilines is 1. The molecule has 1 amide bonds. The van der Waals surface area contributed by atoms with Crippen molar-refractivity contribution in [2.75, 3.05) is 19.5 Å². The van der Waals surface area contributed by atoms with Gasteiger partial charge in [-0.15, -0.1) is 0 Å². The number of phenols is 1. The zero-order chi connectivity index (χ0) is 19.8. The molecular formula is C22H20N2O4. The number of amides is 1. The van der Waals surface area contributed by atoms with Crippen molar-refractivity contribution in [3.63, 3.8) is 0 Å². The van der Waals surface area contributed by atoms with E-state index in [9.17, 15) is 9.90 Å². The van der Waals surface area contributed by atoms with Crippen molar-refractivity contribution in [3.8, 4) is 17.2 Å². The molecule has 0 aliphatic heterocycles. The molecule has 0 bridgehead atoms. The smallest absolute Gasteiger partial charge is 0.259 e. The van der Waals surface area contributed by atoms with Gasteiger partial charge in [0.15, 0.2) is 0 Å². The van der Waals surface area contributed by atoms with E-state index in [2.05, 4.69) is 5.32 Å². The first-order valence-corrected chi connectivity index (χ1v) is 8.77. The van der Waals surface area contributed by atoms with Gasteiger partial charge in [-0.2, -0.15) is 0 Å². The van der Waals surface area contributed by atoms with Crippen LogP contribution in [0.25, 0.3) is 21.8 Å². The Bertz CT molecular complexity index is 1210. The summed E-state index contributed by atoms with van der Waals surface area (Å²) in [5, 5.41) is 15.2. The summed E-state index contributed by atoms with van der Waals surface area (Å²) in [7, 11) is 5.01. The van der Waals surface area contributed by atoms with Crippen LogP contribution >= 0.6 is 0 Å². The highest BCUT2D eigenvalue weighted by molar-refractivity contribution is 6.14. The summed E-state index contributed by atoms with van der Waals surface area (Å²) in [5.74, 6) is 0.572. The summed E-state index contributed by atoms with van der Waals surface area (Å²) in [4.78, 5) is 12.9. The van der Waals surface area contributed by atoms with Crippen LogP contribution in [0.2, 0.25) is 0 Å². The van der Waals surface area contributed by atoms with Crippen molar-refractivity contribution >= 4 is 33.4 Å². The minimum Gasteiger partial charge on any atom is -0.507 e. The van der Waals surface area contributed by atoms with Crippen LogP contribution in [0.1, 0.15) is 10.4 Å². The predicted molar refractivity (Wildman–Crippen MR) is 110 cm³/mol. The fourth-order valence-corrected chi connectivity index (χ4v) is 3.48. The summed E-state index contributed by atoms with van der Waals surface area (Å²) >= 11 is 0. The van der Waals surface area contributed by atoms with E-state index in [1.165, 1.54) is 7.11 Å². The lowest BCUT2D eigenvalue weighted by Gasteiger charge is -2.12. The van der Waals surface area contributed by atoms with Crippen LogP contribution in [0.15, 0.2) is 54.6 Å². The number of methoxy groups -OCH3 is 2. The van der Waals surface area contributed by atoms with Gasteiger partial charge in [-0.25, -0.2) is 0 Å². The van der Waals surface area contributed by atoms with Crippen LogP contribution in [-0.4, -0.2) is 29.8 Å². The Morgan fingerprint density at radius 3 is 2.50 bits per heavy atom. The third-order valence-corrected chi connectivity index (χ3v) is 4.93. The SMILES string of the molecule is COc1ccc(OC)c(NC(=O)c2cc3c(cc2O)c2ccccc2n3C)c1. The molecule has 4 aromatic rings. The monoisotopic (exact) mass is 376 g/mol. The molecule has 2 N–H and O–H groups in total. The number of fused-ring (bicyclic) bond motifs is 3. The highest BCUT2D eigenvalue weighted by atomic mass is 16.5. The van der Waals surface area contributed by atoms with Gasteiger partial charge in [0.1, 0.15) is 17.2 Å². The van der Waals surface area contributed by atoms with E-state index in [1.54, 1.807) is 37.4 Å². The molecule has 1 aromatic heterocycles. The molecule has 0 unspecified atom stereocenters. The van der Waals surface area contributed by atoms with Crippen molar-refractivity contribution in [3.05, 3.63) is 60.2 Å². The highest BCUT2D eigenvalue weighted by Crippen LogP contribution is 2.34. The van der Waals surface area contributed by atoms with E-state index < -0.39 is 5.91 Å². The van der Waals surface area contributed by atoms with Crippen LogP contribution in [0.3, 0.4) is 0 Å². The maximum absolute atomic E-state index is 12.9. The van der Waals surface area contributed by atoms with E-state index in [0.29, 0.717) is 17.2 Å². The van der Waals surface area contributed by atoms with Crippen molar-refractivity contribution in [1.29, 1.82) is 0 Å². The summed E-state index contributed by atoms with van der Waals surface area (Å²) in [6.45, 7) is 0. The lowest BCUT2D eigenvalue weighted by Crippen LogP contribution is -2.13. The average Bonchev–Trinajstić information content (AvgIpc) is 2.99. The largest absolute Gasteiger partial charge is 0.507 e. The highest BCUT2D eigenvalue weighted by Gasteiger charge is 2.18. The number of ether oxygens (including phenoxy) is 2. The molecule has 0 aliphatic carbocycles. The number of carbonyl (C=O) groups is 1. The first-order chi connectivity index (χ1) is 13.5. The number of aromatic hydroxyl groups is 1. The number of phenolic OH excluding ortho intramolecular Hbond substituents is 1. The number of rotatable bonds is 4. The number of aryl methyl sites for hydroxylation is 1. The zero-order valence-corrected chi connectivity index (χ0v) is 15.8. The Kier molecular flexibility index (Phi) is 4.31. The van der Waals surface area contributed by atoms with Gasteiger partial charge in [-0.05, 0) is 30.3 Å². The zero-order valence-electron chi connectivity index (χ0n) is 15.8. The standard InChI is InChI=1S/C22H20N2O4/c1-24-18-7-5-4-6-14(18)15-12-20(25)16(11-19(15)24)22(26)23-17-10-13(27-2)8-9-21(17)28-3/h4-12,25H,1-3H3,(H,23,26). The molecule has 0 fully saturated rings. The number of carbonyl (C=O) groups excluding carboxylic acids is 1. The summed E-state index contributed by atoms with van der Waals surface area (Å²) in [5.41, 5.74) is 2.54. The second kappa shape index (κ2) is 6.81. The molecule has 0 saturated carbocycles. The molecule has 28 heavy (non-hydrogen) atoms. The lowest BCUT2D eigenvalue weighted by molar-refractivity contribution is 0.102. The summed E-state index contributed by atoms with van der Waals surface area (Å²) in [6, 6.07) is 16.4. The normalized spacial score (nSPS) is 11.0. The number of para-hydroxylation sites is 1. The van der Waals surface area contributed by atoms with Gasteiger partial charge in [0.2, 0.25) is 0 Å². The molecule has 0 atom stereocenters. The van der Waals surface area contributed by atoms with Crippen molar-refractivity contribution in [2.24, 2.45) is 7.05 Å². The van der Waals surface area contributed by atoms with Crippen LogP contribution < -0.4 is 14.8 Å². The van der Waals surface area contributed by atoms with E-state index in [1.807, 2.05) is 35.9 Å². The van der Waals surface area contributed by atoms with Gasteiger partial charge in [0.05, 0.1) is 25.5 Å². The molecular weight excluding hydrogens is 356 g/mol. The fraction of sp³-hybridized carbons (Fsp3) is 0.136. The molecule has 1 heterocycles. The molecule has 0 saturated heterocycles. The number of aromatic nitrogens is 1. The number of nitrogens with one attached hydrogen (secondary N) is 1. The molecule has 3 aromatic carbocycles. The Labute approximate surface area is 161 Å². The van der Waals surface area contributed by atoms with E-state index in [-0.39, 0.29) is 11.3 Å². The second-order valence-electron chi connectivity index (χ2n) is 6.48. The third kappa shape index (κ3) is 2.79. The summed E-state index contributed by atoms with van der Waals surface area (Å²) < 4.78 is 12.5. The van der Waals surface area contributed by atoms with E-state index in [4.69, 9.17) is 9.47 Å². The topological polar surface area (TPSA) is 72.7 Å². The maximum Gasteiger partial charge on any atom is 0.259 e. The first kappa shape index (κ1) is 17.7. The third-order valence-electron chi connectivity index (χ3n) is 4.93. The van der Waals surface area contributed by atoms with Gasteiger partial charge in [0, 0.05) is 34.9 Å². The van der Waals surface area contributed by atoms with Crippen LogP contribution in [-0.2, 0) is 7.05 Å². The first-order valence-electron chi connectivity index (χ1n) is 8.77. The molecule has 6 heteroatoms. The minimum atomic E-state index is -0.434. The maximum atomic E-state index is 12.9. The number of benzene rings is 3. The van der Waals surface area contributed by atoms with Crippen LogP contribution in [0.4, 0.5) is 5.69 Å². The van der Waals surface area contributed by atoms with Gasteiger partial charge >= 0.3 is 0 Å². The quantitative estimate of drug-likeness (QED) is 0.557. The van der Waals surface area contributed by atoms with E-state index >= 15 is 0 Å². The molecule has 4 rings (SSSR count).